The lowest BCUT2D eigenvalue weighted by molar-refractivity contribution is 1.05. The van der Waals surface area contributed by atoms with Crippen molar-refractivity contribution in [2.24, 2.45) is 0 Å². The number of hydrogen-bond acceptors (Lipinski definition) is 3. The van der Waals surface area contributed by atoms with Crippen LogP contribution in [0, 0.1) is 0 Å². The van der Waals surface area contributed by atoms with Crippen LogP contribution >= 0.6 is 0 Å². The summed E-state index contributed by atoms with van der Waals surface area (Å²) >= 11 is 0. The number of anilines is 2. The summed E-state index contributed by atoms with van der Waals surface area (Å²) in [6.45, 7) is 0. The van der Waals surface area contributed by atoms with Gasteiger partial charge in [-0.1, -0.05) is 0 Å². The van der Waals surface area contributed by atoms with Crippen molar-refractivity contribution in [2.75, 3.05) is 24.7 Å². The van der Waals surface area contributed by atoms with Crippen LogP contribution in [0.15, 0.2) is 18.2 Å². The molecule has 13 heavy (non-hydrogen) atoms. The number of nitrogens with zero attached hydrogens (tertiary/aromatic N) is 2. The van der Waals surface area contributed by atoms with E-state index in [0.29, 0.717) is 11.7 Å². The summed E-state index contributed by atoms with van der Waals surface area (Å²) < 4.78 is 7.53. The van der Waals surface area contributed by atoms with E-state index >= 15 is 0 Å². The Bertz CT molecular complexity index is 436. The molecule has 2 aromatic rings. The molecule has 0 fully saturated rings. The summed E-state index contributed by atoms with van der Waals surface area (Å²) in [5.74, 6) is 0.769. The summed E-state index contributed by atoms with van der Waals surface area (Å²) in [6.07, 6.45) is 0. The number of nitrogen functional groups attached to an aromatic ring is 1. The molecule has 0 aliphatic carbocycles. The quantitative estimate of drug-likeness (QED) is 0.644. The lowest BCUT2D eigenvalue weighted by Gasteiger charge is -2.05. The van der Waals surface area contributed by atoms with E-state index in [1.54, 1.807) is 12.1 Å². The van der Waals surface area contributed by atoms with E-state index in [-0.39, 0.29) is 0 Å². The third-order valence-corrected chi connectivity index (χ3v) is 1.85. The van der Waals surface area contributed by atoms with E-state index in [1.807, 2.05) is 19.0 Å². The number of rotatable bonds is 1. The Balaban J connectivity index is 2.66. The van der Waals surface area contributed by atoms with Gasteiger partial charge in [0, 0.05) is 19.8 Å². The zero-order valence-corrected chi connectivity index (χ0v) is 7.63. The van der Waals surface area contributed by atoms with E-state index in [2.05, 4.69) is 9.97 Å². The second kappa shape index (κ2) is 2.65. The van der Waals surface area contributed by atoms with Gasteiger partial charge in [-0.05, 0) is 18.2 Å². The minimum atomic E-state index is 0.325. The van der Waals surface area contributed by atoms with Gasteiger partial charge in [0.15, 0.2) is 0 Å². The van der Waals surface area contributed by atoms with Gasteiger partial charge in [-0.15, -0.1) is 0 Å². The number of aromatic amines is 1. The maximum atomic E-state index is 7.53. The fourth-order valence-corrected chi connectivity index (χ4v) is 1.16. The predicted octanol–water partition coefficient (Wildman–Crippen LogP) is 1.21. The fraction of sp³-hybridized carbons (Fsp3) is 0.222. The van der Waals surface area contributed by atoms with E-state index in [9.17, 15) is 0 Å². The molecule has 1 aromatic carbocycles. The van der Waals surface area contributed by atoms with Crippen molar-refractivity contribution in [1.82, 2.24) is 9.97 Å². The van der Waals surface area contributed by atoms with Crippen LogP contribution in [0.2, 0.25) is 0 Å². The molecule has 0 spiro atoms. The van der Waals surface area contributed by atoms with Gasteiger partial charge < -0.3 is 15.6 Å². The molecule has 0 unspecified atom stereocenters. The average Bonchev–Trinajstić information content (AvgIpc) is 2.48. The third kappa shape index (κ3) is 1.30. The highest BCUT2D eigenvalue weighted by molar-refractivity contribution is 5.80. The first-order valence-electron chi connectivity index (χ1n) is 4.51. The minimum absolute atomic E-state index is 0.325. The second-order valence-corrected chi connectivity index (χ2v) is 3.14. The maximum absolute atomic E-state index is 7.53. The van der Waals surface area contributed by atoms with Crippen LogP contribution in [0.5, 0.6) is 0 Å². The number of nitrogens with two attached hydrogens (primary N) is 1. The molecule has 1 heterocycles. The highest BCUT2D eigenvalue weighted by atomic mass is 15.2. The minimum Gasteiger partial charge on any atom is -0.399 e. The zero-order chi connectivity index (χ0) is 10.3. The SMILES string of the molecule is [2H]c1cc2[nH]c(N(C)C)nc2cc1N. The van der Waals surface area contributed by atoms with Gasteiger partial charge in [-0.3, -0.25) is 0 Å². The molecule has 0 saturated heterocycles. The van der Waals surface area contributed by atoms with Crippen molar-refractivity contribution in [2.45, 2.75) is 0 Å². The van der Waals surface area contributed by atoms with E-state index < -0.39 is 0 Å². The Labute approximate surface area is 77.8 Å². The van der Waals surface area contributed by atoms with Crippen molar-refractivity contribution in [3.63, 3.8) is 0 Å². The topological polar surface area (TPSA) is 57.9 Å². The fourth-order valence-electron chi connectivity index (χ4n) is 1.16. The Morgan fingerprint density at radius 1 is 1.62 bits per heavy atom. The molecule has 0 atom stereocenters. The molecule has 2 rings (SSSR count). The molecule has 4 heteroatoms. The molecule has 0 radical (unpaired) electrons. The molecule has 3 N–H and O–H groups in total. The Hall–Kier alpha value is -1.71. The van der Waals surface area contributed by atoms with Crippen LogP contribution in [0.3, 0.4) is 0 Å². The smallest absolute Gasteiger partial charge is 0.203 e. The van der Waals surface area contributed by atoms with Gasteiger partial charge >= 0.3 is 0 Å². The highest BCUT2D eigenvalue weighted by Crippen LogP contribution is 2.17. The van der Waals surface area contributed by atoms with Crippen LogP contribution in [0.25, 0.3) is 11.0 Å². The summed E-state index contributed by atoms with van der Waals surface area (Å²) in [7, 11) is 3.81. The van der Waals surface area contributed by atoms with Crippen LogP contribution in [-0.4, -0.2) is 24.1 Å². The van der Waals surface area contributed by atoms with E-state index in [0.717, 1.165) is 17.0 Å². The molecule has 0 aliphatic heterocycles. The molecule has 0 amide bonds. The molecule has 0 bridgehead atoms. The highest BCUT2D eigenvalue weighted by Gasteiger charge is 2.03. The van der Waals surface area contributed by atoms with Crippen molar-refractivity contribution in [1.29, 1.82) is 0 Å². The number of imidazole rings is 1. The molecule has 4 nitrogen and oxygen atoms in total. The Kier molecular flexibility index (Phi) is 1.38. The Morgan fingerprint density at radius 2 is 2.38 bits per heavy atom. The summed E-state index contributed by atoms with van der Waals surface area (Å²) in [4.78, 5) is 9.30. The monoisotopic (exact) mass is 177 g/mol. The summed E-state index contributed by atoms with van der Waals surface area (Å²) in [5, 5.41) is 0. The third-order valence-electron chi connectivity index (χ3n) is 1.85. The van der Waals surface area contributed by atoms with Gasteiger partial charge in [0.2, 0.25) is 5.95 Å². The molecule has 1 aromatic heterocycles. The zero-order valence-electron chi connectivity index (χ0n) is 8.63. The Morgan fingerprint density at radius 3 is 3.08 bits per heavy atom. The normalized spacial score (nSPS) is 11.7. The first-order chi connectivity index (χ1) is 6.58. The van der Waals surface area contributed by atoms with Gasteiger partial charge in [0.25, 0.3) is 0 Å². The van der Waals surface area contributed by atoms with Gasteiger partial charge in [-0.25, -0.2) is 4.98 Å². The molecule has 0 aliphatic rings. The van der Waals surface area contributed by atoms with Crippen molar-refractivity contribution in [3.05, 3.63) is 18.2 Å². The largest absolute Gasteiger partial charge is 0.399 e. The first kappa shape index (κ1) is 6.77. The number of benzene rings is 1. The lowest BCUT2D eigenvalue weighted by Crippen LogP contribution is -2.09. The van der Waals surface area contributed by atoms with Crippen LogP contribution in [0.4, 0.5) is 11.6 Å². The molecular formula is C9H12N4. The number of nitrogens with one attached hydrogen (secondary N) is 1. The molecular weight excluding hydrogens is 164 g/mol. The van der Waals surface area contributed by atoms with Gasteiger partial charge in [0.05, 0.1) is 12.4 Å². The number of aromatic nitrogens is 2. The lowest BCUT2D eigenvalue weighted by atomic mass is 10.3. The van der Waals surface area contributed by atoms with Crippen LogP contribution in [-0.2, 0) is 0 Å². The van der Waals surface area contributed by atoms with Crippen molar-refractivity contribution in [3.8, 4) is 0 Å². The average molecular weight is 177 g/mol. The van der Waals surface area contributed by atoms with E-state index in [4.69, 9.17) is 7.10 Å². The van der Waals surface area contributed by atoms with Crippen LogP contribution < -0.4 is 10.6 Å². The van der Waals surface area contributed by atoms with Crippen LogP contribution in [0.1, 0.15) is 1.37 Å². The summed E-state index contributed by atoms with van der Waals surface area (Å²) in [5.41, 5.74) is 7.70. The number of fused-ring (bicyclic) bond motifs is 1. The second-order valence-electron chi connectivity index (χ2n) is 3.14. The van der Waals surface area contributed by atoms with Gasteiger partial charge in [0.1, 0.15) is 0 Å². The van der Waals surface area contributed by atoms with Crippen molar-refractivity contribution < 1.29 is 1.37 Å². The molecule has 68 valence electrons. The maximum Gasteiger partial charge on any atom is 0.203 e. The summed E-state index contributed by atoms with van der Waals surface area (Å²) in [6, 6.07) is 3.72. The van der Waals surface area contributed by atoms with E-state index in [1.165, 1.54) is 0 Å². The predicted molar refractivity (Wildman–Crippen MR) is 54.8 cm³/mol. The first-order valence-corrected chi connectivity index (χ1v) is 4.01. The molecule has 0 saturated carbocycles. The number of H-pyrrole nitrogens is 1. The standard InChI is InChI=1S/C9H12N4/c1-13(2)9-11-7-4-3-6(10)5-8(7)12-9/h3-5H,10H2,1-2H3,(H,11,12)/i3D. The van der Waals surface area contributed by atoms with Crippen molar-refractivity contribution >= 4 is 22.7 Å². The number of hydrogen-bond donors (Lipinski definition) is 2. The van der Waals surface area contributed by atoms with Gasteiger partial charge in [-0.2, -0.15) is 0 Å².